The van der Waals surface area contributed by atoms with Crippen molar-refractivity contribution in [3.63, 3.8) is 0 Å². The maximum atomic E-state index is 2.33. The van der Waals surface area contributed by atoms with Crippen LogP contribution in [0.5, 0.6) is 0 Å². The smallest absolute Gasteiger partial charge is 0.0488 e. The third-order valence-corrected chi connectivity index (χ3v) is 11.1. The number of para-hydroxylation sites is 3. The van der Waals surface area contributed by atoms with Gasteiger partial charge in [0.25, 0.3) is 0 Å². The Hall–Kier alpha value is -7.62. The summed E-state index contributed by atoms with van der Waals surface area (Å²) < 4.78 is 0. The standard InChI is InChI=1S/C56H45N3/c1-57(50-33-26-43(27-34-50)44-30-37-54(38-31-44)59(52-22-11-5-12-23-52)53-24-13-6-14-25-53)51-35-28-45(29-36-51)46-18-15-19-48(40-46)55-41-47(42-16-7-3-8-17-42)32-39-56(55)58(2)49-20-9-4-10-21-49/h3-41H,1-2H3. The highest BCUT2D eigenvalue weighted by atomic mass is 15.1. The summed E-state index contributed by atoms with van der Waals surface area (Å²) in [6.45, 7) is 0. The van der Waals surface area contributed by atoms with Crippen molar-refractivity contribution < 1.29 is 0 Å². The molecule has 3 nitrogen and oxygen atoms in total. The predicted molar refractivity (Wildman–Crippen MR) is 252 cm³/mol. The molecule has 9 aromatic carbocycles. The molecule has 0 radical (unpaired) electrons. The van der Waals surface area contributed by atoms with E-state index in [1.54, 1.807) is 0 Å². The summed E-state index contributed by atoms with van der Waals surface area (Å²) in [4.78, 5) is 6.80. The molecular formula is C56H45N3. The van der Waals surface area contributed by atoms with Crippen LogP contribution in [0.15, 0.2) is 237 Å². The van der Waals surface area contributed by atoms with E-state index >= 15 is 0 Å². The molecule has 0 unspecified atom stereocenters. The topological polar surface area (TPSA) is 9.72 Å². The molecular weight excluding hydrogens is 715 g/mol. The average molecular weight is 760 g/mol. The second kappa shape index (κ2) is 16.9. The summed E-state index contributed by atoms with van der Waals surface area (Å²) in [6, 6.07) is 84.5. The summed E-state index contributed by atoms with van der Waals surface area (Å²) in [5.41, 5.74) is 17.5. The van der Waals surface area contributed by atoms with E-state index in [1.807, 2.05) is 0 Å². The van der Waals surface area contributed by atoms with Gasteiger partial charge in [0.15, 0.2) is 0 Å². The molecule has 0 saturated heterocycles. The minimum absolute atomic E-state index is 1.12. The van der Waals surface area contributed by atoms with Crippen LogP contribution < -0.4 is 14.7 Å². The first-order valence-electron chi connectivity index (χ1n) is 20.1. The molecule has 0 aromatic heterocycles. The molecule has 0 spiro atoms. The summed E-state index contributed by atoms with van der Waals surface area (Å²) in [7, 11) is 4.28. The molecule has 0 N–H and O–H groups in total. The van der Waals surface area contributed by atoms with Gasteiger partial charge in [-0.3, -0.25) is 0 Å². The van der Waals surface area contributed by atoms with E-state index < -0.39 is 0 Å². The van der Waals surface area contributed by atoms with Gasteiger partial charge in [0, 0.05) is 59.5 Å². The Kier molecular flexibility index (Phi) is 10.6. The zero-order valence-corrected chi connectivity index (χ0v) is 33.4. The molecule has 9 aromatic rings. The van der Waals surface area contributed by atoms with E-state index in [0.717, 1.165) is 39.8 Å². The summed E-state index contributed by atoms with van der Waals surface area (Å²) >= 11 is 0. The maximum absolute atomic E-state index is 2.33. The average Bonchev–Trinajstić information content (AvgIpc) is 3.32. The lowest BCUT2D eigenvalue weighted by atomic mass is 9.94. The third kappa shape index (κ3) is 8.00. The number of benzene rings is 9. The van der Waals surface area contributed by atoms with Gasteiger partial charge >= 0.3 is 0 Å². The van der Waals surface area contributed by atoms with Crippen LogP contribution in [-0.4, -0.2) is 14.1 Å². The Balaban J connectivity index is 0.940. The van der Waals surface area contributed by atoms with Crippen LogP contribution in [0.4, 0.5) is 39.8 Å². The largest absolute Gasteiger partial charge is 0.345 e. The molecule has 9 rings (SSSR count). The molecule has 0 aliphatic rings. The van der Waals surface area contributed by atoms with Gasteiger partial charge in [-0.05, 0) is 130 Å². The van der Waals surface area contributed by atoms with Crippen LogP contribution in [0.25, 0.3) is 44.5 Å². The minimum atomic E-state index is 1.12. The Bertz CT molecular complexity index is 2710. The number of hydrogen-bond donors (Lipinski definition) is 0. The van der Waals surface area contributed by atoms with E-state index in [1.165, 1.54) is 44.5 Å². The van der Waals surface area contributed by atoms with E-state index in [-0.39, 0.29) is 0 Å². The van der Waals surface area contributed by atoms with Crippen molar-refractivity contribution in [3.8, 4) is 44.5 Å². The lowest BCUT2D eigenvalue weighted by Gasteiger charge is -2.25. The summed E-state index contributed by atoms with van der Waals surface area (Å²) in [6.07, 6.45) is 0. The van der Waals surface area contributed by atoms with E-state index in [0.29, 0.717) is 0 Å². The van der Waals surface area contributed by atoms with Crippen LogP contribution in [0.1, 0.15) is 0 Å². The Labute approximate surface area is 348 Å². The van der Waals surface area contributed by atoms with Crippen molar-refractivity contribution in [2.75, 3.05) is 28.8 Å². The Morgan fingerprint density at radius 2 is 0.576 bits per heavy atom. The van der Waals surface area contributed by atoms with Crippen LogP contribution in [-0.2, 0) is 0 Å². The van der Waals surface area contributed by atoms with E-state index in [2.05, 4.69) is 265 Å². The fraction of sp³-hybridized carbons (Fsp3) is 0.0357. The zero-order valence-electron chi connectivity index (χ0n) is 33.4. The fourth-order valence-corrected chi connectivity index (χ4v) is 7.84. The Morgan fingerprint density at radius 1 is 0.237 bits per heavy atom. The molecule has 0 bridgehead atoms. The van der Waals surface area contributed by atoms with Crippen LogP contribution in [0.3, 0.4) is 0 Å². The van der Waals surface area contributed by atoms with Crippen LogP contribution in [0.2, 0.25) is 0 Å². The van der Waals surface area contributed by atoms with Crippen molar-refractivity contribution in [2.24, 2.45) is 0 Å². The zero-order chi connectivity index (χ0) is 40.0. The number of hydrogen-bond acceptors (Lipinski definition) is 3. The highest BCUT2D eigenvalue weighted by molar-refractivity contribution is 5.88. The molecule has 0 saturated carbocycles. The molecule has 0 amide bonds. The molecule has 0 aliphatic heterocycles. The first-order chi connectivity index (χ1) is 29.1. The molecule has 0 fully saturated rings. The molecule has 3 heteroatoms. The maximum Gasteiger partial charge on any atom is 0.0488 e. The lowest BCUT2D eigenvalue weighted by molar-refractivity contribution is 1.21. The van der Waals surface area contributed by atoms with E-state index in [4.69, 9.17) is 0 Å². The number of rotatable bonds is 11. The van der Waals surface area contributed by atoms with Crippen molar-refractivity contribution in [2.45, 2.75) is 0 Å². The molecule has 59 heavy (non-hydrogen) atoms. The quantitative estimate of drug-likeness (QED) is 0.130. The van der Waals surface area contributed by atoms with Crippen LogP contribution >= 0.6 is 0 Å². The van der Waals surface area contributed by atoms with Crippen molar-refractivity contribution in [1.29, 1.82) is 0 Å². The van der Waals surface area contributed by atoms with Crippen molar-refractivity contribution in [3.05, 3.63) is 237 Å². The van der Waals surface area contributed by atoms with Crippen LogP contribution in [0, 0.1) is 0 Å². The van der Waals surface area contributed by atoms with Crippen molar-refractivity contribution in [1.82, 2.24) is 0 Å². The molecule has 0 heterocycles. The molecule has 0 aliphatic carbocycles. The normalized spacial score (nSPS) is 10.9. The van der Waals surface area contributed by atoms with Gasteiger partial charge in [-0.1, -0.05) is 146 Å². The van der Waals surface area contributed by atoms with Gasteiger partial charge in [-0.25, -0.2) is 0 Å². The third-order valence-electron chi connectivity index (χ3n) is 11.1. The van der Waals surface area contributed by atoms with Crippen molar-refractivity contribution >= 4 is 39.8 Å². The lowest BCUT2D eigenvalue weighted by Crippen LogP contribution is -2.10. The summed E-state index contributed by atoms with van der Waals surface area (Å²) in [5.74, 6) is 0. The SMILES string of the molecule is CN(c1ccc(-c2ccc(N(c3ccccc3)c3ccccc3)cc2)cc1)c1ccc(-c2cccc(-c3cc(-c4ccccc4)ccc3N(C)c3ccccc3)c2)cc1. The van der Waals surface area contributed by atoms with Gasteiger partial charge in [0.1, 0.15) is 0 Å². The van der Waals surface area contributed by atoms with Gasteiger partial charge < -0.3 is 14.7 Å². The second-order valence-corrected chi connectivity index (χ2v) is 14.8. The number of anilines is 7. The van der Waals surface area contributed by atoms with Gasteiger partial charge in [0.05, 0.1) is 0 Å². The highest BCUT2D eigenvalue weighted by Crippen LogP contribution is 2.40. The van der Waals surface area contributed by atoms with Gasteiger partial charge in [0.2, 0.25) is 0 Å². The molecule has 284 valence electrons. The van der Waals surface area contributed by atoms with Gasteiger partial charge in [-0.15, -0.1) is 0 Å². The Morgan fingerprint density at radius 3 is 1.10 bits per heavy atom. The predicted octanol–water partition coefficient (Wildman–Crippen LogP) is 15.4. The van der Waals surface area contributed by atoms with E-state index in [9.17, 15) is 0 Å². The summed E-state index contributed by atoms with van der Waals surface area (Å²) in [5, 5.41) is 0. The number of nitrogens with zero attached hydrogens (tertiary/aromatic N) is 3. The minimum Gasteiger partial charge on any atom is -0.345 e. The van der Waals surface area contributed by atoms with Gasteiger partial charge in [-0.2, -0.15) is 0 Å². The second-order valence-electron chi connectivity index (χ2n) is 14.8. The monoisotopic (exact) mass is 759 g/mol. The first-order valence-corrected chi connectivity index (χ1v) is 20.1. The first kappa shape index (κ1) is 37.0. The molecule has 0 atom stereocenters. The highest BCUT2D eigenvalue weighted by Gasteiger charge is 2.15. The fourth-order valence-electron chi connectivity index (χ4n) is 7.84.